The summed E-state index contributed by atoms with van der Waals surface area (Å²) in [6.07, 6.45) is -1.25. The Bertz CT molecular complexity index is 717. The van der Waals surface area contributed by atoms with E-state index in [2.05, 4.69) is 28.6 Å². The maximum Gasteiger partial charge on any atom is 0.326 e. The zero-order chi connectivity index (χ0) is 25.0. The molecular formula is C18H31N5O8S. The first-order chi connectivity index (χ1) is 14.8. The van der Waals surface area contributed by atoms with Crippen LogP contribution in [0.15, 0.2) is 0 Å². The molecule has 0 rings (SSSR count). The normalized spacial score (nSPS) is 14.5. The first-order valence-corrected chi connectivity index (χ1v) is 10.4. The monoisotopic (exact) mass is 477 g/mol. The van der Waals surface area contributed by atoms with Crippen molar-refractivity contribution >= 4 is 48.2 Å². The van der Waals surface area contributed by atoms with Crippen molar-refractivity contribution in [2.24, 2.45) is 17.4 Å². The Morgan fingerprint density at radius 1 is 0.812 bits per heavy atom. The van der Waals surface area contributed by atoms with Crippen molar-refractivity contribution in [3.63, 3.8) is 0 Å². The fourth-order valence-corrected chi connectivity index (χ4v) is 2.65. The Kier molecular flexibility index (Phi) is 13.0. The molecule has 0 bridgehead atoms. The highest BCUT2D eigenvalue weighted by Gasteiger charge is 2.30. The summed E-state index contributed by atoms with van der Waals surface area (Å²) in [5.74, 6) is -6.25. The Morgan fingerprint density at radius 3 is 1.72 bits per heavy atom. The SMILES string of the molecule is CC(C)C(N)C(=O)NC(CCC(N)=O)C(=O)NC(CS)C(=O)NC(CCC(=O)O)C(=O)O. The molecule has 32 heavy (non-hydrogen) atoms. The fourth-order valence-electron chi connectivity index (χ4n) is 2.39. The number of nitrogens with one attached hydrogen (secondary N) is 3. The van der Waals surface area contributed by atoms with E-state index in [1.807, 2.05) is 0 Å². The van der Waals surface area contributed by atoms with E-state index in [-0.39, 0.29) is 30.9 Å². The maximum atomic E-state index is 12.7. The third-order valence-electron chi connectivity index (χ3n) is 4.41. The molecule has 4 unspecified atom stereocenters. The Morgan fingerprint density at radius 2 is 1.28 bits per heavy atom. The summed E-state index contributed by atoms with van der Waals surface area (Å²) in [6.45, 7) is 3.40. The predicted molar refractivity (Wildman–Crippen MR) is 115 cm³/mol. The Balaban J connectivity index is 5.30. The second kappa shape index (κ2) is 14.2. The zero-order valence-electron chi connectivity index (χ0n) is 17.9. The summed E-state index contributed by atoms with van der Waals surface area (Å²) in [7, 11) is 0. The lowest BCUT2D eigenvalue weighted by Gasteiger charge is -2.25. The van der Waals surface area contributed by atoms with Gasteiger partial charge in [-0.05, 0) is 18.8 Å². The minimum atomic E-state index is -1.49. The largest absolute Gasteiger partial charge is 0.481 e. The van der Waals surface area contributed by atoms with Gasteiger partial charge in [0.2, 0.25) is 23.6 Å². The minimum Gasteiger partial charge on any atom is -0.481 e. The number of primary amides is 1. The van der Waals surface area contributed by atoms with E-state index in [1.165, 1.54) is 0 Å². The molecule has 0 aromatic rings. The van der Waals surface area contributed by atoms with E-state index in [0.29, 0.717) is 0 Å². The van der Waals surface area contributed by atoms with Crippen molar-refractivity contribution in [1.29, 1.82) is 0 Å². The number of carboxylic acids is 2. The number of carboxylic acid groups (broad SMARTS) is 2. The Hall–Kier alpha value is -2.87. The molecule has 0 heterocycles. The standard InChI is InChI=1S/C18H31N5O8S/c1-8(2)14(20)17(29)21-9(3-5-12(19)24)15(27)23-11(7-32)16(28)22-10(18(30)31)4-6-13(25)26/h8-11,14,32H,3-7,20H2,1-2H3,(H2,19,24)(H,21,29)(H,22,28)(H,23,27)(H,25,26)(H,30,31). The molecule has 0 aromatic carbocycles. The lowest BCUT2D eigenvalue weighted by Crippen LogP contribution is -2.58. The van der Waals surface area contributed by atoms with E-state index in [9.17, 15) is 28.8 Å². The van der Waals surface area contributed by atoms with Gasteiger partial charge in [-0.2, -0.15) is 12.6 Å². The molecule has 0 aromatic heterocycles. The second-order valence-corrected chi connectivity index (χ2v) is 7.78. The molecular weight excluding hydrogens is 446 g/mol. The van der Waals surface area contributed by atoms with Gasteiger partial charge in [0.15, 0.2) is 0 Å². The van der Waals surface area contributed by atoms with Gasteiger partial charge in [0, 0.05) is 18.6 Å². The van der Waals surface area contributed by atoms with Crippen LogP contribution in [-0.4, -0.2) is 75.7 Å². The minimum absolute atomic E-state index is 0.158. The van der Waals surface area contributed by atoms with E-state index in [4.69, 9.17) is 21.7 Å². The van der Waals surface area contributed by atoms with Gasteiger partial charge in [-0.25, -0.2) is 4.79 Å². The number of thiol groups is 1. The molecule has 4 atom stereocenters. The number of carbonyl (C=O) groups excluding carboxylic acids is 4. The Labute approximate surface area is 190 Å². The first kappa shape index (κ1) is 29.1. The number of carbonyl (C=O) groups is 6. The van der Waals surface area contributed by atoms with Crippen LogP contribution >= 0.6 is 12.6 Å². The molecule has 9 N–H and O–H groups in total. The molecule has 0 saturated carbocycles. The molecule has 14 heteroatoms. The number of hydrogen-bond donors (Lipinski definition) is 8. The van der Waals surface area contributed by atoms with Crippen LogP contribution in [0.4, 0.5) is 0 Å². The highest BCUT2D eigenvalue weighted by Crippen LogP contribution is 2.04. The van der Waals surface area contributed by atoms with Gasteiger partial charge in [-0.3, -0.25) is 24.0 Å². The molecule has 0 saturated heterocycles. The van der Waals surface area contributed by atoms with Gasteiger partial charge in [0.1, 0.15) is 18.1 Å². The highest BCUT2D eigenvalue weighted by atomic mass is 32.1. The van der Waals surface area contributed by atoms with Crippen molar-refractivity contribution in [2.45, 2.75) is 63.7 Å². The topological polar surface area (TPSA) is 231 Å². The summed E-state index contributed by atoms with van der Waals surface area (Å²) in [5, 5.41) is 24.7. The molecule has 0 fully saturated rings. The highest BCUT2D eigenvalue weighted by molar-refractivity contribution is 7.80. The van der Waals surface area contributed by atoms with Crippen LogP contribution in [0.2, 0.25) is 0 Å². The van der Waals surface area contributed by atoms with Crippen molar-refractivity contribution in [1.82, 2.24) is 16.0 Å². The number of amides is 4. The van der Waals surface area contributed by atoms with Gasteiger partial charge >= 0.3 is 11.9 Å². The third-order valence-corrected chi connectivity index (χ3v) is 4.78. The lowest BCUT2D eigenvalue weighted by molar-refractivity contribution is -0.143. The summed E-state index contributed by atoms with van der Waals surface area (Å²) in [5.41, 5.74) is 10.9. The summed E-state index contributed by atoms with van der Waals surface area (Å²) in [4.78, 5) is 70.4. The summed E-state index contributed by atoms with van der Waals surface area (Å²) in [6, 6.07) is -4.96. The first-order valence-electron chi connectivity index (χ1n) is 9.80. The fraction of sp³-hybridized carbons (Fsp3) is 0.667. The average molecular weight is 478 g/mol. The number of aliphatic carboxylic acids is 2. The molecule has 0 spiro atoms. The molecule has 0 aliphatic rings. The van der Waals surface area contributed by atoms with Crippen LogP contribution in [0.5, 0.6) is 0 Å². The average Bonchev–Trinajstić information content (AvgIpc) is 2.70. The van der Waals surface area contributed by atoms with E-state index in [0.717, 1.165) is 0 Å². The van der Waals surface area contributed by atoms with E-state index >= 15 is 0 Å². The van der Waals surface area contributed by atoms with Crippen LogP contribution < -0.4 is 27.4 Å². The lowest BCUT2D eigenvalue weighted by atomic mass is 10.0. The van der Waals surface area contributed by atoms with Crippen LogP contribution in [-0.2, 0) is 28.8 Å². The molecule has 13 nitrogen and oxygen atoms in total. The van der Waals surface area contributed by atoms with E-state index in [1.54, 1.807) is 13.8 Å². The smallest absolute Gasteiger partial charge is 0.326 e. The summed E-state index contributed by atoms with van der Waals surface area (Å²) >= 11 is 3.97. The molecule has 182 valence electrons. The number of nitrogens with two attached hydrogens (primary N) is 2. The van der Waals surface area contributed by atoms with Gasteiger partial charge in [-0.1, -0.05) is 13.8 Å². The third kappa shape index (κ3) is 10.9. The molecule has 0 aliphatic carbocycles. The van der Waals surface area contributed by atoms with Gasteiger partial charge < -0.3 is 37.6 Å². The van der Waals surface area contributed by atoms with Crippen LogP contribution in [0.1, 0.15) is 39.5 Å². The van der Waals surface area contributed by atoms with Crippen molar-refractivity contribution < 1.29 is 39.0 Å². The van der Waals surface area contributed by atoms with Gasteiger partial charge in [0.05, 0.1) is 6.04 Å². The van der Waals surface area contributed by atoms with Crippen molar-refractivity contribution in [3.05, 3.63) is 0 Å². The van der Waals surface area contributed by atoms with Gasteiger partial charge in [0.25, 0.3) is 0 Å². The number of rotatable bonds is 15. The maximum absolute atomic E-state index is 12.7. The summed E-state index contributed by atoms with van der Waals surface area (Å²) < 4.78 is 0. The molecule has 4 amide bonds. The van der Waals surface area contributed by atoms with Crippen LogP contribution in [0, 0.1) is 5.92 Å². The van der Waals surface area contributed by atoms with Crippen LogP contribution in [0.3, 0.4) is 0 Å². The zero-order valence-corrected chi connectivity index (χ0v) is 18.8. The van der Waals surface area contributed by atoms with E-state index < -0.39 is 66.2 Å². The van der Waals surface area contributed by atoms with Gasteiger partial charge in [-0.15, -0.1) is 0 Å². The van der Waals surface area contributed by atoms with Crippen molar-refractivity contribution in [2.75, 3.05) is 5.75 Å². The van der Waals surface area contributed by atoms with Crippen molar-refractivity contribution in [3.8, 4) is 0 Å². The molecule has 0 aliphatic heterocycles. The quantitative estimate of drug-likeness (QED) is 0.117. The molecule has 0 radical (unpaired) electrons. The van der Waals surface area contributed by atoms with Crippen LogP contribution in [0.25, 0.3) is 0 Å². The second-order valence-electron chi connectivity index (χ2n) is 7.41. The number of hydrogen-bond acceptors (Lipinski definition) is 8. The predicted octanol–water partition coefficient (Wildman–Crippen LogP) is -2.43.